The zero-order chi connectivity index (χ0) is 12.3. The van der Waals surface area contributed by atoms with E-state index in [0.29, 0.717) is 6.04 Å². The molecule has 4 nitrogen and oxygen atoms in total. The highest BCUT2D eigenvalue weighted by Gasteiger charge is 2.34. The maximum atomic E-state index is 9.53. The smallest absolute Gasteiger partial charge is 0.0622 e. The van der Waals surface area contributed by atoms with Crippen molar-refractivity contribution in [1.82, 2.24) is 4.90 Å². The van der Waals surface area contributed by atoms with Crippen LogP contribution in [0.4, 0.5) is 0 Å². The number of nitrogens with zero attached hydrogens (tertiary/aromatic N) is 1. The molecule has 0 aromatic rings. The fourth-order valence-electron chi connectivity index (χ4n) is 2.19. The highest BCUT2D eigenvalue weighted by Crippen LogP contribution is 2.24. The normalized spacial score (nSPS) is 26.1. The Balaban J connectivity index is 2.65. The summed E-state index contributed by atoms with van der Waals surface area (Å²) in [6.45, 7) is 8.01. The molecule has 1 rings (SSSR count). The van der Waals surface area contributed by atoms with E-state index in [9.17, 15) is 5.11 Å². The fourth-order valence-corrected chi connectivity index (χ4v) is 2.19. The molecule has 96 valence electrons. The maximum absolute atomic E-state index is 9.53. The minimum Gasteiger partial charge on any atom is -0.395 e. The van der Waals surface area contributed by atoms with Crippen molar-refractivity contribution in [3.8, 4) is 0 Å². The Hall–Kier alpha value is -0.160. The lowest BCUT2D eigenvalue weighted by Crippen LogP contribution is -2.57. The number of hydrogen-bond donors (Lipinski definition) is 2. The van der Waals surface area contributed by atoms with Crippen molar-refractivity contribution in [2.24, 2.45) is 11.1 Å². The molecule has 1 fully saturated rings. The van der Waals surface area contributed by atoms with E-state index >= 15 is 0 Å². The lowest BCUT2D eigenvalue weighted by molar-refractivity contribution is 0.0543. The highest BCUT2D eigenvalue weighted by atomic mass is 16.5. The van der Waals surface area contributed by atoms with Crippen LogP contribution >= 0.6 is 0 Å². The van der Waals surface area contributed by atoms with E-state index in [2.05, 4.69) is 25.7 Å². The lowest BCUT2D eigenvalue weighted by Gasteiger charge is -2.40. The van der Waals surface area contributed by atoms with Crippen LogP contribution in [0.15, 0.2) is 0 Å². The average molecular weight is 230 g/mol. The van der Waals surface area contributed by atoms with Gasteiger partial charge in [0, 0.05) is 24.7 Å². The van der Waals surface area contributed by atoms with E-state index in [1.54, 1.807) is 0 Å². The number of aliphatic hydroxyl groups excluding tert-OH is 1. The minimum atomic E-state index is -0.0388. The summed E-state index contributed by atoms with van der Waals surface area (Å²) in [5.74, 6) is 0. The molecule has 1 saturated heterocycles. The molecular weight excluding hydrogens is 204 g/mol. The SMILES string of the molecule is CN(C1CCOC1)C(CO)C(N)C(C)(C)C. The second-order valence-corrected chi connectivity index (χ2v) is 5.82. The molecule has 0 radical (unpaired) electrons. The molecule has 0 saturated carbocycles. The molecule has 3 atom stereocenters. The van der Waals surface area contributed by atoms with Crippen molar-refractivity contribution >= 4 is 0 Å². The van der Waals surface area contributed by atoms with Crippen molar-refractivity contribution in [1.29, 1.82) is 0 Å². The number of likely N-dealkylation sites (N-methyl/N-ethyl adjacent to an activating group) is 1. The number of ether oxygens (including phenoxy) is 1. The van der Waals surface area contributed by atoms with Gasteiger partial charge in [-0.25, -0.2) is 0 Å². The second kappa shape index (κ2) is 5.45. The number of aliphatic hydroxyl groups is 1. The van der Waals surface area contributed by atoms with Gasteiger partial charge < -0.3 is 15.6 Å². The zero-order valence-electron chi connectivity index (χ0n) is 10.9. The Morgan fingerprint density at radius 2 is 2.12 bits per heavy atom. The third-order valence-corrected chi connectivity index (χ3v) is 3.61. The van der Waals surface area contributed by atoms with Gasteiger partial charge in [0.25, 0.3) is 0 Å². The van der Waals surface area contributed by atoms with Crippen molar-refractivity contribution in [2.75, 3.05) is 26.9 Å². The summed E-state index contributed by atoms with van der Waals surface area (Å²) in [6.07, 6.45) is 1.03. The first-order chi connectivity index (χ1) is 7.38. The van der Waals surface area contributed by atoms with Gasteiger partial charge in [-0.3, -0.25) is 4.90 Å². The first-order valence-corrected chi connectivity index (χ1v) is 6.04. The van der Waals surface area contributed by atoms with Gasteiger partial charge in [-0.2, -0.15) is 0 Å². The molecule has 4 heteroatoms. The number of rotatable bonds is 4. The van der Waals surface area contributed by atoms with Crippen LogP contribution in [-0.2, 0) is 4.74 Å². The van der Waals surface area contributed by atoms with Gasteiger partial charge >= 0.3 is 0 Å². The molecule has 0 aromatic heterocycles. The molecule has 0 aromatic carbocycles. The van der Waals surface area contributed by atoms with Crippen LogP contribution in [0, 0.1) is 5.41 Å². The largest absolute Gasteiger partial charge is 0.395 e. The highest BCUT2D eigenvalue weighted by molar-refractivity contribution is 4.91. The second-order valence-electron chi connectivity index (χ2n) is 5.82. The molecule has 0 bridgehead atoms. The Kier molecular flexibility index (Phi) is 4.73. The van der Waals surface area contributed by atoms with Crippen LogP contribution in [0.25, 0.3) is 0 Å². The molecule has 3 unspecified atom stereocenters. The van der Waals surface area contributed by atoms with Gasteiger partial charge in [0.15, 0.2) is 0 Å². The first kappa shape index (κ1) is 13.9. The average Bonchev–Trinajstić information content (AvgIpc) is 2.69. The van der Waals surface area contributed by atoms with E-state index in [0.717, 1.165) is 19.6 Å². The van der Waals surface area contributed by atoms with Crippen LogP contribution in [-0.4, -0.2) is 55.0 Å². The third kappa shape index (κ3) is 3.17. The zero-order valence-corrected chi connectivity index (χ0v) is 10.9. The van der Waals surface area contributed by atoms with E-state index in [-0.39, 0.29) is 24.1 Å². The Labute approximate surface area is 98.8 Å². The molecule has 1 heterocycles. The molecule has 1 aliphatic heterocycles. The summed E-state index contributed by atoms with van der Waals surface area (Å²) >= 11 is 0. The molecule has 3 N–H and O–H groups in total. The first-order valence-electron chi connectivity index (χ1n) is 6.04. The quantitative estimate of drug-likeness (QED) is 0.736. The number of nitrogens with two attached hydrogens (primary N) is 1. The fraction of sp³-hybridized carbons (Fsp3) is 1.00. The maximum Gasteiger partial charge on any atom is 0.0622 e. The molecule has 0 amide bonds. The molecule has 0 aliphatic carbocycles. The van der Waals surface area contributed by atoms with Crippen molar-refractivity contribution in [3.63, 3.8) is 0 Å². The summed E-state index contributed by atoms with van der Waals surface area (Å²) in [5.41, 5.74) is 6.23. The molecule has 16 heavy (non-hydrogen) atoms. The molecule has 1 aliphatic rings. The third-order valence-electron chi connectivity index (χ3n) is 3.61. The lowest BCUT2D eigenvalue weighted by atomic mass is 9.82. The van der Waals surface area contributed by atoms with Gasteiger partial charge in [0.1, 0.15) is 0 Å². The van der Waals surface area contributed by atoms with Gasteiger partial charge in [-0.05, 0) is 18.9 Å². The summed E-state index contributed by atoms with van der Waals surface area (Å²) in [5, 5.41) is 9.53. The molecule has 0 spiro atoms. The van der Waals surface area contributed by atoms with Crippen molar-refractivity contribution in [3.05, 3.63) is 0 Å². The topological polar surface area (TPSA) is 58.7 Å². The Bertz CT molecular complexity index is 210. The van der Waals surface area contributed by atoms with E-state index < -0.39 is 0 Å². The van der Waals surface area contributed by atoms with Crippen molar-refractivity contribution in [2.45, 2.75) is 45.3 Å². The van der Waals surface area contributed by atoms with Crippen LogP contribution in [0.2, 0.25) is 0 Å². The predicted molar refractivity (Wildman–Crippen MR) is 65.3 cm³/mol. The minimum absolute atomic E-state index is 0.00111. The summed E-state index contributed by atoms with van der Waals surface area (Å²) < 4.78 is 5.37. The van der Waals surface area contributed by atoms with E-state index in [1.807, 2.05) is 7.05 Å². The monoisotopic (exact) mass is 230 g/mol. The van der Waals surface area contributed by atoms with E-state index in [4.69, 9.17) is 10.5 Å². The van der Waals surface area contributed by atoms with E-state index in [1.165, 1.54) is 0 Å². The summed E-state index contributed by atoms with van der Waals surface area (Å²) in [7, 11) is 2.03. The standard InChI is InChI=1S/C12H26N2O2/c1-12(2,3)11(13)10(7-15)14(4)9-5-6-16-8-9/h9-11,15H,5-8,13H2,1-4H3. The summed E-state index contributed by atoms with van der Waals surface area (Å²) in [6, 6.07) is 0.361. The van der Waals surface area contributed by atoms with Gasteiger partial charge in [-0.15, -0.1) is 0 Å². The summed E-state index contributed by atoms with van der Waals surface area (Å²) in [4.78, 5) is 2.18. The van der Waals surface area contributed by atoms with Crippen LogP contribution in [0.3, 0.4) is 0 Å². The Morgan fingerprint density at radius 1 is 1.50 bits per heavy atom. The van der Waals surface area contributed by atoms with Gasteiger partial charge in [0.2, 0.25) is 0 Å². The van der Waals surface area contributed by atoms with Gasteiger partial charge in [-0.1, -0.05) is 20.8 Å². The molecular formula is C12H26N2O2. The van der Waals surface area contributed by atoms with Crippen molar-refractivity contribution < 1.29 is 9.84 Å². The number of hydrogen-bond acceptors (Lipinski definition) is 4. The predicted octanol–water partition coefficient (Wildman–Crippen LogP) is 0.441. The van der Waals surface area contributed by atoms with Gasteiger partial charge in [0.05, 0.1) is 13.2 Å². The van der Waals surface area contributed by atoms with Crippen LogP contribution < -0.4 is 5.73 Å². The van der Waals surface area contributed by atoms with Crippen LogP contribution in [0.5, 0.6) is 0 Å². The Morgan fingerprint density at radius 3 is 2.50 bits per heavy atom. The van der Waals surface area contributed by atoms with Crippen LogP contribution in [0.1, 0.15) is 27.2 Å².